The Kier molecular flexibility index (Phi) is 6.96. The number of thioether (sulfide) groups is 1. The van der Waals surface area contributed by atoms with Gasteiger partial charge in [0.05, 0.1) is 19.6 Å². The van der Waals surface area contributed by atoms with Crippen LogP contribution < -0.4 is 11.1 Å². The molecule has 34 heavy (non-hydrogen) atoms. The molecule has 0 spiro atoms. The van der Waals surface area contributed by atoms with Gasteiger partial charge in [0.1, 0.15) is 36.5 Å². The standard InChI is InChI=1S/C21H26N6O5S2/c1-3-6-27(7-4-5-8-27)9-12-10-33-19-15(18(29)26(19)16(12)20(30)31)24-17(28)14(25-32-2)13-11-34-21(22)23-13/h3,11,15,19H,1,4-10H2,2H3,(H3-,22,23,24,28,30,31)/p+1/b25-14-/t15?,19-/m0/s1. The minimum atomic E-state index is -1.13. The van der Waals surface area contributed by atoms with Crippen LogP contribution in [-0.2, 0) is 19.2 Å². The van der Waals surface area contributed by atoms with Crippen molar-refractivity contribution in [3.05, 3.63) is 35.0 Å². The molecule has 3 aliphatic heterocycles. The number of nitrogen functional groups attached to an aromatic ring is 1. The molecule has 2 saturated heterocycles. The number of hydrogen-bond donors (Lipinski definition) is 3. The summed E-state index contributed by atoms with van der Waals surface area (Å²) in [6, 6.07) is -0.880. The molecule has 0 radical (unpaired) electrons. The number of aliphatic carboxylic acids is 1. The summed E-state index contributed by atoms with van der Waals surface area (Å²) in [4.78, 5) is 48.2. The summed E-state index contributed by atoms with van der Waals surface area (Å²) in [5.74, 6) is -1.77. The first-order chi connectivity index (χ1) is 16.3. The van der Waals surface area contributed by atoms with E-state index in [-0.39, 0.29) is 22.2 Å². The predicted octanol–water partition coefficient (Wildman–Crippen LogP) is 0.611. The second kappa shape index (κ2) is 9.76. The Hall–Kier alpha value is -2.90. The van der Waals surface area contributed by atoms with Crippen LogP contribution in [0.1, 0.15) is 18.5 Å². The van der Waals surface area contributed by atoms with Crippen LogP contribution in [0.4, 0.5) is 5.13 Å². The largest absolute Gasteiger partial charge is 0.477 e. The van der Waals surface area contributed by atoms with Gasteiger partial charge in [0, 0.05) is 29.5 Å². The lowest BCUT2D eigenvalue weighted by Gasteiger charge is -2.50. The molecule has 182 valence electrons. The molecule has 4 rings (SSSR count). The molecule has 0 bridgehead atoms. The second-order valence-corrected chi connectivity index (χ2v) is 10.4. The van der Waals surface area contributed by atoms with Gasteiger partial charge in [0.2, 0.25) is 0 Å². The van der Waals surface area contributed by atoms with Crippen LogP contribution in [0.25, 0.3) is 0 Å². The van der Waals surface area contributed by atoms with Crippen LogP contribution in [-0.4, -0.2) is 93.4 Å². The lowest BCUT2D eigenvalue weighted by molar-refractivity contribution is -0.906. The molecule has 2 amide bonds. The van der Waals surface area contributed by atoms with Crippen molar-refractivity contribution in [3.8, 4) is 0 Å². The number of carbonyl (C=O) groups excluding carboxylic acids is 2. The van der Waals surface area contributed by atoms with Gasteiger partial charge in [-0.05, 0) is 6.08 Å². The third-order valence-electron chi connectivity index (χ3n) is 6.26. The highest BCUT2D eigenvalue weighted by Gasteiger charge is 2.55. The van der Waals surface area contributed by atoms with Gasteiger partial charge in [-0.3, -0.25) is 14.5 Å². The maximum Gasteiger partial charge on any atom is 0.352 e. The third-order valence-corrected chi connectivity index (χ3v) is 8.27. The number of thiazole rings is 1. The Morgan fingerprint density at radius 2 is 2.21 bits per heavy atom. The molecule has 0 saturated carbocycles. The van der Waals surface area contributed by atoms with E-state index >= 15 is 0 Å². The van der Waals surface area contributed by atoms with E-state index in [1.807, 2.05) is 6.08 Å². The van der Waals surface area contributed by atoms with Crippen molar-refractivity contribution in [2.75, 3.05) is 44.8 Å². The number of nitrogens with two attached hydrogens (primary N) is 1. The summed E-state index contributed by atoms with van der Waals surface area (Å²) in [7, 11) is 1.30. The number of fused-ring (bicyclic) bond motifs is 1. The summed E-state index contributed by atoms with van der Waals surface area (Å²) in [6.07, 6.45) is 4.05. The van der Waals surface area contributed by atoms with Crippen LogP contribution in [0, 0.1) is 0 Å². The summed E-state index contributed by atoms with van der Waals surface area (Å²) < 4.78 is 0.761. The van der Waals surface area contributed by atoms with Gasteiger partial charge in [0.25, 0.3) is 11.8 Å². The summed E-state index contributed by atoms with van der Waals surface area (Å²) in [6.45, 7) is 7.13. The van der Waals surface area contributed by atoms with Gasteiger partial charge in [0.15, 0.2) is 10.8 Å². The van der Waals surface area contributed by atoms with E-state index in [9.17, 15) is 19.5 Å². The van der Waals surface area contributed by atoms with Crippen LogP contribution in [0.2, 0.25) is 0 Å². The maximum atomic E-state index is 13.0. The molecule has 13 heteroatoms. The minimum absolute atomic E-state index is 0.0331. The quantitative estimate of drug-likeness (QED) is 0.145. The number of rotatable bonds is 9. The first-order valence-electron chi connectivity index (χ1n) is 10.8. The molecule has 4 N–H and O–H groups in total. The number of oxime groups is 1. The molecule has 1 aromatic rings. The number of carbonyl (C=O) groups is 3. The number of nitrogens with zero attached hydrogens (tertiary/aromatic N) is 4. The normalized spacial score (nSPS) is 23.9. The predicted molar refractivity (Wildman–Crippen MR) is 129 cm³/mol. The van der Waals surface area contributed by atoms with Gasteiger partial charge < -0.3 is 25.5 Å². The van der Waals surface area contributed by atoms with Crippen molar-refractivity contribution < 1.29 is 28.8 Å². The number of anilines is 1. The van der Waals surface area contributed by atoms with Gasteiger partial charge in [-0.25, -0.2) is 9.78 Å². The lowest BCUT2D eigenvalue weighted by Crippen LogP contribution is -2.71. The molecule has 1 unspecified atom stereocenters. The maximum absolute atomic E-state index is 13.0. The molecule has 4 heterocycles. The van der Waals surface area contributed by atoms with Gasteiger partial charge in [-0.15, -0.1) is 23.1 Å². The Balaban J connectivity index is 1.53. The molecule has 2 atom stereocenters. The van der Waals surface area contributed by atoms with Crippen LogP contribution >= 0.6 is 23.1 Å². The van der Waals surface area contributed by atoms with Crippen molar-refractivity contribution in [2.24, 2.45) is 5.16 Å². The van der Waals surface area contributed by atoms with Crippen LogP contribution in [0.3, 0.4) is 0 Å². The number of β-lactam (4-membered cyclic amide) rings is 1. The van der Waals surface area contributed by atoms with Crippen LogP contribution in [0.15, 0.2) is 34.5 Å². The van der Waals surface area contributed by atoms with E-state index < -0.39 is 29.2 Å². The smallest absolute Gasteiger partial charge is 0.352 e. The molecular formula is C21H27N6O5S2+. The number of carboxylic acids is 1. The number of nitrogens with one attached hydrogen (secondary N) is 1. The fraction of sp³-hybridized carbons (Fsp3) is 0.476. The summed E-state index contributed by atoms with van der Waals surface area (Å²) in [5, 5.41) is 17.7. The highest BCUT2D eigenvalue weighted by Crippen LogP contribution is 2.41. The first-order valence-corrected chi connectivity index (χ1v) is 12.7. The Morgan fingerprint density at radius 1 is 1.47 bits per heavy atom. The Labute approximate surface area is 204 Å². The molecule has 11 nitrogen and oxygen atoms in total. The molecular weight excluding hydrogens is 480 g/mol. The second-order valence-electron chi connectivity index (χ2n) is 8.44. The average Bonchev–Trinajstić information content (AvgIpc) is 3.44. The van der Waals surface area contributed by atoms with Crippen molar-refractivity contribution in [1.29, 1.82) is 0 Å². The summed E-state index contributed by atoms with van der Waals surface area (Å²) in [5.41, 5.74) is 6.56. The fourth-order valence-corrected chi connectivity index (χ4v) is 6.68. The SMILES string of the molecule is C=CC[N+]1(CC2=C(C(=O)O)N3C(=O)C(NC(=O)/C(=N\OC)c4csc(N)n4)[C@@H]3SC2)CCCC1. The van der Waals surface area contributed by atoms with Crippen LogP contribution in [0.5, 0.6) is 0 Å². The number of amides is 2. The van der Waals surface area contributed by atoms with E-state index in [4.69, 9.17) is 10.6 Å². The zero-order valence-electron chi connectivity index (χ0n) is 18.7. The third kappa shape index (κ3) is 4.42. The van der Waals surface area contributed by atoms with E-state index in [0.717, 1.165) is 53.9 Å². The molecule has 1 aromatic heterocycles. The van der Waals surface area contributed by atoms with Crippen molar-refractivity contribution >= 4 is 51.7 Å². The van der Waals surface area contributed by atoms with Gasteiger partial charge in [-0.2, -0.15) is 0 Å². The number of likely N-dealkylation sites (tertiary alicyclic amines) is 1. The Morgan fingerprint density at radius 3 is 2.79 bits per heavy atom. The van der Waals surface area contributed by atoms with E-state index in [2.05, 4.69) is 22.0 Å². The van der Waals surface area contributed by atoms with E-state index in [0.29, 0.717) is 12.3 Å². The average molecular weight is 508 g/mol. The zero-order valence-corrected chi connectivity index (χ0v) is 20.4. The van der Waals surface area contributed by atoms with Crippen molar-refractivity contribution in [2.45, 2.75) is 24.3 Å². The first kappa shape index (κ1) is 24.2. The zero-order chi connectivity index (χ0) is 24.5. The Bertz CT molecular complexity index is 1080. The summed E-state index contributed by atoms with van der Waals surface area (Å²) >= 11 is 2.59. The number of quaternary nitrogens is 1. The molecule has 0 aliphatic carbocycles. The number of aromatic nitrogens is 1. The van der Waals surface area contributed by atoms with E-state index in [1.54, 1.807) is 5.38 Å². The molecule has 0 aromatic carbocycles. The van der Waals surface area contributed by atoms with E-state index in [1.165, 1.54) is 23.8 Å². The number of carboxylic acid groups (broad SMARTS) is 1. The number of hydrogen-bond acceptors (Lipinski definition) is 9. The highest BCUT2D eigenvalue weighted by molar-refractivity contribution is 8.00. The topological polar surface area (TPSA) is 147 Å². The lowest BCUT2D eigenvalue weighted by atomic mass is 10.0. The molecule has 3 aliphatic rings. The van der Waals surface area contributed by atoms with Crippen molar-refractivity contribution in [3.63, 3.8) is 0 Å². The van der Waals surface area contributed by atoms with Gasteiger partial charge in [-0.1, -0.05) is 11.7 Å². The monoisotopic (exact) mass is 507 g/mol. The van der Waals surface area contributed by atoms with Gasteiger partial charge >= 0.3 is 5.97 Å². The van der Waals surface area contributed by atoms with Crippen molar-refractivity contribution in [1.82, 2.24) is 15.2 Å². The molecule has 2 fully saturated rings. The fourth-order valence-electron chi connectivity index (χ4n) is 4.80. The highest BCUT2D eigenvalue weighted by atomic mass is 32.2. The minimum Gasteiger partial charge on any atom is -0.477 e.